The maximum atomic E-state index is 11.1. The van der Waals surface area contributed by atoms with Gasteiger partial charge in [0.25, 0.3) is 0 Å². The third kappa shape index (κ3) is 3.97. The van der Waals surface area contributed by atoms with Gasteiger partial charge in [0, 0.05) is 6.54 Å². The highest BCUT2D eigenvalue weighted by molar-refractivity contribution is 5.90. The highest BCUT2D eigenvalue weighted by atomic mass is 16.5. The van der Waals surface area contributed by atoms with E-state index in [0.29, 0.717) is 12.4 Å². The molecular formula is C17H21N3O3. The summed E-state index contributed by atoms with van der Waals surface area (Å²) in [4.78, 5) is 18.9. The molecule has 6 nitrogen and oxygen atoms in total. The number of anilines is 1. The second kappa shape index (κ2) is 6.64. The van der Waals surface area contributed by atoms with Gasteiger partial charge in [0.15, 0.2) is 17.3 Å². The van der Waals surface area contributed by atoms with Crippen molar-refractivity contribution in [3.63, 3.8) is 0 Å². The van der Waals surface area contributed by atoms with Crippen molar-refractivity contribution in [1.82, 2.24) is 9.97 Å². The molecule has 0 aliphatic carbocycles. The quantitative estimate of drug-likeness (QED) is 0.882. The van der Waals surface area contributed by atoms with E-state index in [-0.39, 0.29) is 16.9 Å². The lowest BCUT2D eigenvalue weighted by Gasteiger charge is -2.19. The molecule has 23 heavy (non-hydrogen) atoms. The monoisotopic (exact) mass is 315 g/mol. The van der Waals surface area contributed by atoms with Crippen molar-refractivity contribution < 1.29 is 14.6 Å². The fourth-order valence-corrected chi connectivity index (χ4v) is 2.15. The van der Waals surface area contributed by atoms with Gasteiger partial charge in [-0.25, -0.2) is 14.8 Å². The molecule has 0 saturated carbocycles. The predicted octanol–water partition coefficient (Wildman–Crippen LogP) is 3.09. The van der Waals surface area contributed by atoms with Gasteiger partial charge < -0.3 is 15.2 Å². The number of nitrogens with zero attached hydrogens (tertiary/aromatic N) is 2. The Labute approximate surface area is 135 Å². The standard InChI is InChI=1S/C17H21N3O3/c1-17(2,3)12-7-5-11(6-8-12)9-18-15-14(23-4)13(16(21)22)19-10-20-15/h5-8,10H,9H2,1-4H3,(H,21,22)(H,18,19,20). The third-order valence-electron chi connectivity index (χ3n) is 3.49. The van der Waals surface area contributed by atoms with E-state index < -0.39 is 5.97 Å². The number of carboxylic acids is 1. The van der Waals surface area contributed by atoms with Crippen LogP contribution in [-0.4, -0.2) is 28.2 Å². The highest BCUT2D eigenvalue weighted by Crippen LogP contribution is 2.26. The van der Waals surface area contributed by atoms with E-state index >= 15 is 0 Å². The Balaban J connectivity index is 2.15. The van der Waals surface area contributed by atoms with Crippen molar-refractivity contribution in [3.05, 3.63) is 47.4 Å². The fourth-order valence-electron chi connectivity index (χ4n) is 2.15. The molecular weight excluding hydrogens is 294 g/mol. The topological polar surface area (TPSA) is 84.3 Å². The van der Waals surface area contributed by atoms with E-state index in [1.54, 1.807) is 0 Å². The summed E-state index contributed by atoms with van der Waals surface area (Å²) in [5, 5.41) is 12.2. The van der Waals surface area contributed by atoms with Crippen molar-refractivity contribution in [2.45, 2.75) is 32.7 Å². The molecule has 1 aromatic heterocycles. The molecule has 122 valence electrons. The Morgan fingerprint density at radius 3 is 2.39 bits per heavy atom. The number of aromatic carboxylic acids is 1. The van der Waals surface area contributed by atoms with Crippen molar-refractivity contribution in [3.8, 4) is 5.75 Å². The van der Waals surface area contributed by atoms with Crippen LogP contribution in [0.15, 0.2) is 30.6 Å². The fraction of sp³-hybridized carbons (Fsp3) is 0.353. The summed E-state index contributed by atoms with van der Waals surface area (Å²) in [5.74, 6) is -0.659. The molecule has 0 fully saturated rings. The second-order valence-corrected chi connectivity index (χ2v) is 6.21. The zero-order valence-corrected chi connectivity index (χ0v) is 13.8. The average Bonchev–Trinajstić information content (AvgIpc) is 2.51. The minimum atomic E-state index is -1.15. The first-order chi connectivity index (χ1) is 10.8. The van der Waals surface area contributed by atoms with Crippen molar-refractivity contribution in [1.29, 1.82) is 0 Å². The number of methoxy groups -OCH3 is 1. The van der Waals surface area contributed by atoms with E-state index in [0.717, 1.165) is 5.56 Å². The van der Waals surface area contributed by atoms with Crippen LogP contribution in [0.3, 0.4) is 0 Å². The van der Waals surface area contributed by atoms with Gasteiger partial charge >= 0.3 is 5.97 Å². The number of carboxylic acid groups (broad SMARTS) is 1. The Kier molecular flexibility index (Phi) is 4.83. The van der Waals surface area contributed by atoms with E-state index in [9.17, 15) is 4.79 Å². The van der Waals surface area contributed by atoms with Crippen LogP contribution in [0.2, 0.25) is 0 Å². The van der Waals surface area contributed by atoms with Crippen LogP contribution in [0, 0.1) is 0 Å². The number of aromatic nitrogens is 2. The lowest BCUT2D eigenvalue weighted by Crippen LogP contribution is -2.12. The second-order valence-electron chi connectivity index (χ2n) is 6.21. The highest BCUT2D eigenvalue weighted by Gasteiger charge is 2.18. The minimum absolute atomic E-state index is 0.109. The number of hydrogen-bond donors (Lipinski definition) is 2. The number of rotatable bonds is 5. The van der Waals surface area contributed by atoms with Gasteiger partial charge in [-0.3, -0.25) is 0 Å². The number of nitrogens with one attached hydrogen (secondary N) is 1. The average molecular weight is 315 g/mol. The molecule has 2 N–H and O–H groups in total. The van der Waals surface area contributed by atoms with Gasteiger partial charge in [0.1, 0.15) is 6.33 Å². The largest absolute Gasteiger partial charge is 0.491 e. The van der Waals surface area contributed by atoms with Crippen molar-refractivity contribution in [2.75, 3.05) is 12.4 Å². The van der Waals surface area contributed by atoms with Gasteiger partial charge in [0.2, 0.25) is 0 Å². The minimum Gasteiger partial charge on any atom is -0.491 e. The van der Waals surface area contributed by atoms with Crippen LogP contribution >= 0.6 is 0 Å². The number of ether oxygens (including phenoxy) is 1. The van der Waals surface area contributed by atoms with Crippen LogP contribution in [0.25, 0.3) is 0 Å². The molecule has 1 aromatic carbocycles. The molecule has 0 unspecified atom stereocenters. The molecule has 0 bridgehead atoms. The summed E-state index contributed by atoms with van der Waals surface area (Å²) in [7, 11) is 1.40. The predicted molar refractivity (Wildman–Crippen MR) is 88.0 cm³/mol. The van der Waals surface area contributed by atoms with Crippen LogP contribution in [0.4, 0.5) is 5.82 Å². The maximum Gasteiger partial charge on any atom is 0.358 e. The SMILES string of the molecule is COc1c(NCc2ccc(C(C)(C)C)cc2)ncnc1C(=O)O. The molecule has 6 heteroatoms. The van der Waals surface area contributed by atoms with E-state index in [4.69, 9.17) is 9.84 Å². The summed E-state index contributed by atoms with van der Waals surface area (Å²) >= 11 is 0. The first-order valence-corrected chi connectivity index (χ1v) is 7.28. The molecule has 2 aromatic rings. The number of carbonyl (C=O) groups is 1. The summed E-state index contributed by atoms with van der Waals surface area (Å²) in [5.41, 5.74) is 2.27. The summed E-state index contributed by atoms with van der Waals surface area (Å²) < 4.78 is 5.12. The van der Waals surface area contributed by atoms with Gasteiger partial charge in [-0.05, 0) is 16.5 Å². The van der Waals surface area contributed by atoms with Crippen LogP contribution in [-0.2, 0) is 12.0 Å². The zero-order valence-electron chi connectivity index (χ0n) is 13.8. The van der Waals surface area contributed by atoms with Crippen LogP contribution < -0.4 is 10.1 Å². The Hall–Kier alpha value is -2.63. The Morgan fingerprint density at radius 2 is 1.87 bits per heavy atom. The summed E-state index contributed by atoms with van der Waals surface area (Å²) in [6, 6.07) is 8.27. The van der Waals surface area contributed by atoms with Crippen molar-refractivity contribution >= 4 is 11.8 Å². The van der Waals surface area contributed by atoms with Gasteiger partial charge in [0.05, 0.1) is 7.11 Å². The smallest absolute Gasteiger partial charge is 0.358 e. The Morgan fingerprint density at radius 1 is 1.22 bits per heavy atom. The van der Waals surface area contributed by atoms with E-state index in [1.807, 2.05) is 12.1 Å². The molecule has 0 saturated heterocycles. The van der Waals surface area contributed by atoms with Gasteiger partial charge in [-0.1, -0.05) is 45.0 Å². The molecule has 0 amide bonds. The normalized spacial score (nSPS) is 11.1. The van der Waals surface area contributed by atoms with Gasteiger partial charge in [-0.2, -0.15) is 0 Å². The Bertz CT molecular complexity index is 691. The zero-order chi connectivity index (χ0) is 17.0. The third-order valence-corrected chi connectivity index (χ3v) is 3.49. The summed E-state index contributed by atoms with van der Waals surface area (Å²) in [6.45, 7) is 7.01. The lowest BCUT2D eigenvalue weighted by molar-refractivity contribution is 0.0686. The molecule has 0 spiro atoms. The first kappa shape index (κ1) is 16.7. The molecule has 0 radical (unpaired) electrons. The number of benzene rings is 1. The van der Waals surface area contributed by atoms with E-state index in [1.165, 1.54) is 19.0 Å². The summed E-state index contributed by atoms with van der Waals surface area (Å²) in [6.07, 6.45) is 1.21. The number of hydrogen-bond acceptors (Lipinski definition) is 5. The molecule has 0 aliphatic heterocycles. The molecule has 0 aliphatic rings. The molecule has 2 rings (SSSR count). The van der Waals surface area contributed by atoms with Crippen LogP contribution in [0.5, 0.6) is 5.75 Å². The van der Waals surface area contributed by atoms with Crippen LogP contribution in [0.1, 0.15) is 42.4 Å². The lowest BCUT2D eigenvalue weighted by atomic mass is 9.87. The maximum absolute atomic E-state index is 11.1. The van der Waals surface area contributed by atoms with E-state index in [2.05, 4.69) is 48.2 Å². The van der Waals surface area contributed by atoms with Crippen molar-refractivity contribution in [2.24, 2.45) is 0 Å². The molecule has 0 atom stereocenters. The molecule has 1 heterocycles. The first-order valence-electron chi connectivity index (χ1n) is 7.28. The van der Waals surface area contributed by atoms with Gasteiger partial charge in [-0.15, -0.1) is 0 Å².